The lowest BCUT2D eigenvalue weighted by atomic mass is 9.98. The van der Waals surface area contributed by atoms with Crippen LogP contribution < -0.4 is 0 Å². The predicted molar refractivity (Wildman–Crippen MR) is 47.6 cm³/mol. The van der Waals surface area contributed by atoms with Crippen LogP contribution in [-0.4, -0.2) is 40.4 Å². The standard InChI is InChI=1S/C6HClF13O3P/c7-23-24(21,22)6(19,20)4(14,15)2(10,11)1(8,9)3(12,13)5(16,17)18/h(H,21,22). The van der Waals surface area contributed by atoms with Gasteiger partial charge in [0.2, 0.25) is 0 Å². The highest BCUT2D eigenvalue weighted by atomic mass is 35.5. The fourth-order valence-corrected chi connectivity index (χ4v) is 1.82. The molecular formula is C6HClF13O3P. The van der Waals surface area contributed by atoms with Gasteiger partial charge in [-0.15, -0.1) is 0 Å². The molecular weight excluding hydrogens is 433 g/mol. The maximum atomic E-state index is 12.9. The summed E-state index contributed by atoms with van der Waals surface area (Å²) in [5.74, 6) is -32.2. The van der Waals surface area contributed by atoms with Crippen LogP contribution in [0.5, 0.6) is 0 Å². The van der Waals surface area contributed by atoms with Gasteiger partial charge in [0.25, 0.3) is 0 Å². The van der Waals surface area contributed by atoms with E-state index >= 15 is 0 Å². The van der Waals surface area contributed by atoms with E-state index in [4.69, 9.17) is 4.89 Å². The Morgan fingerprint density at radius 2 is 0.958 bits per heavy atom. The van der Waals surface area contributed by atoms with E-state index in [0.717, 1.165) is 0 Å². The molecule has 0 aliphatic carbocycles. The summed E-state index contributed by atoms with van der Waals surface area (Å²) in [6.07, 6.45) is -7.57. The fraction of sp³-hybridized carbons (Fsp3) is 1.00. The largest absolute Gasteiger partial charge is 0.460 e. The molecule has 0 aliphatic rings. The lowest BCUT2D eigenvalue weighted by molar-refractivity contribution is -0.434. The second-order valence-corrected chi connectivity index (χ2v) is 6.08. The van der Waals surface area contributed by atoms with E-state index in [9.17, 15) is 61.6 Å². The molecule has 0 radical (unpaired) electrons. The Morgan fingerprint density at radius 1 is 0.667 bits per heavy atom. The molecule has 0 aliphatic heterocycles. The van der Waals surface area contributed by atoms with Crippen molar-refractivity contribution in [3.63, 3.8) is 0 Å². The molecule has 0 aromatic heterocycles. The first-order valence-corrected chi connectivity index (χ1v) is 6.54. The first-order valence-electron chi connectivity index (χ1n) is 4.65. The molecule has 3 nitrogen and oxygen atoms in total. The molecule has 1 unspecified atom stereocenters. The van der Waals surface area contributed by atoms with Crippen molar-refractivity contribution in [2.24, 2.45) is 0 Å². The van der Waals surface area contributed by atoms with Gasteiger partial charge in [0, 0.05) is 0 Å². The Bertz CT molecular complexity index is 528. The summed E-state index contributed by atoms with van der Waals surface area (Å²) in [6.45, 7) is 0. The van der Waals surface area contributed by atoms with E-state index in [1.807, 2.05) is 0 Å². The summed E-state index contributed by atoms with van der Waals surface area (Å²) in [5, 5.41) is 0. The molecule has 0 bridgehead atoms. The van der Waals surface area contributed by atoms with Gasteiger partial charge in [0.1, 0.15) is 0 Å². The molecule has 0 fully saturated rings. The van der Waals surface area contributed by atoms with Crippen molar-refractivity contribution in [2.75, 3.05) is 0 Å². The zero-order valence-corrected chi connectivity index (χ0v) is 11.7. The summed E-state index contributed by atoms with van der Waals surface area (Å²) in [6, 6.07) is 0. The minimum Gasteiger partial charge on any atom is -0.319 e. The zero-order chi connectivity index (χ0) is 20.2. The maximum absolute atomic E-state index is 12.9. The Hall–Kier alpha value is -0.470. The minimum absolute atomic E-state index is 2.31. The quantitative estimate of drug-likeness (QED) is 0.471. The van der Waals surface area contributed by atoms with Crippen LogP contribution in [0, 0.1) is 0 Å². The Morgan fingerprint density at radius 3 is 1.21 bits per heavy atom. The first-order chi connectivity index (χ1) is 10.1. The number of hydrogen-bond donors (Lipinski definition) is 1. The molecule has 0 aromatic rings. The molecule has 0 rings (SSSR count). The highest BCUT2D eigenvalue weighted by Crippen LogP contribution is 2.70. The Kier molecular flexibility index (Phi) is 5.66. The summed E-state index contributed by atoms with van der Waals surface area (Å²) < 4.78 is 175. The van der Waals surface area contributed by atoms with Crippen LogP contribution in [0.25, 0.3) is 0 Å². The smallest absolute Gasteiger partial charge is 0.319 e. The third kappa shape index (κ3) is 2.84. The van der Waals surface area contributed by atoms with Crippen molar-refractivity contribution < 1.29 is 70.6 Å². The monoisotopic (exact) mass is 434 g/mol. The summed E-state index contributed by atoms with van der Waals surface area (Å²) in [7, 11) is -7.41. The van der Waals surface area contributed by atoms with E-state index < -0.39 is 43.1 Å². The van der Waals surface area contributed by atoms with E-state index in [-0.39, 0.29) is 0 Å². The van der Waals surface area contributed by atoms with Crippen LogP contribution >= 0.6 is 19.5 Å². The van der Waals surface area contributed by atoms with Gasteiger partial charge in [-0.1, -0.05) is 0 Å². The predicted octanol–water partition coefficient (Wildman–Crippen LogP) is 5.04. The summed E-state index contributed by atoms with van der Waals surface area (Å²) >= 11 is 3.82. The average molecular weight is 434 g/mol. The third-order valence-corrected chi connectivity index (χ3v) is 4.10. The third-order valence-electron chi connectivity index (χ3n) is 2.37. The lowest BCUT2D eigenvalue weighted by Crippen LogP contribution is -2.69. The van der Waals surface area contributed by atoms with Gasteiger partial charge in [-0.3, -0.25) is 4.57 Å². The maximum Gasteiger partial charge on any atom is 0.460 e. The first kappa shape index (κ1) is 23.5. The van der Waals surface area contributed by atoms with Gasteiger partial charge in [0.05, 0.1) is 11.9 Å². The average Bonchev–Trinajstić information content (AvgIpc) is 2.36. The van der Waals surface area contributed by atoms with Crippen molar-refractivity contribution in [3.8, 4) is 0 Å². The van der Waals surface area contributed by atoms with Crippen molar-refractivity contribution in [1.82, 2.24) is 0 Å². The van der Waals surface area contributed by atoms with Crippen molar-refractivity contribution in [3.05, 3.63) is 0 Å². The number of hydrogen-bond acceptors (Lipinski definition) is 2. The van der Waals surface area contributed by atoms with Gasteiger partial charge in [0.15, 0.2) is 0 Å². The van der Waals surface area contributed by atoms with Crippen molar-refractivity contribution >= 4 is 19.5 Å². The summed E-state index contributed by atoms with van der Waals surface area (Å²) in [4.78, 5) is 8.16. The van der Waals surface area contributed by atoms with Crippen molar-refractivity contribution in [2.45, 2.75) is 35.5 Å². The van der Waals surface area contributed by atoms with Gasteiger partial charge >= 0.3 is 43.1 Å². The molecule has 18 heteroatoms. The highest BCUT2D eigenvalue weighted by Gasteiger charge is 2.93. The molecule has 0 saturated heterocycles. The normalized spacial score (nSPS) is 18.5. The van der Waals surface area contributed by atoms with E-state index in [0.29, 0.717) is 0 Å². The summed E-state index contributed by atoms with van der Waals surface area (Å²) in [5.41, 5.74) is -7.28. The minimum atomic E-state index is -8.18. The second-order valence-electron chi connectivity index (χ2n) is 3.93. The lowest BCUT2D eigenvalue weighted by Gasteiger charge is -2.39. The molecule has 146 valence electrons. The van der Waals surface area contributed by atoms with Crippen LogP contribution in [0.4, 0.5) is 57.1 Å². The zero-order valence-electron chi connectivity index (χ0n) is 10.0. The second kappa shape index (κ2) is 5.77. The van der Waals surface area contributed by atoms with E-state index in [2.05, 4.69) is 15.9 Å². The van der Waals surface area contributed by atoms with Crippen LogP contribution in [0.2, 0.25) is 0 Å². The van der Waals surface area contributed by atoms with Crippen molar-refractivity contribution in [1.29, 1.82) is 0 Å². The van der Waals surface area contributed by atoms with Crippen LogP contribution in [0.15, 0.2) is 0 Å². The van der Waals surface area contributed by atoms with Crippen LogP contribution in [0.1, 0.15) is 0 Å². The van der Waals surface area contributed by atoms with Gasteiger partial charge in [-0.05, 0) is 0 Å². The van der Waals surface area contributed by atoms with Crippen LogP contribution in [-0.2, 0) is 8.64 Å². The van der Waals surface area contributed by atoms with Gasteiger partial charge in [-0.2, -0.15) is 61.2 Å². The molecule has 24 heavy (non-hydrogen) atoms. The van der Waals surface area contributed by atoms with E-state index in [1.54, 1.807) is 0 Å². The molecule has 0 spiro atoms. The molecule has 0 heterocycles. The number of rotatable bonds is 6. The highest BCUT2D eigenvalue weighted by molar-refractivity contribution is 7.55. The molecule has 1 N–H and O–H groups in total. The fourth-order valence-electron chi connectivity index (χ4n) is 0.982. The SMILES string of the molecule is O=P(O)(OCl)C(F)(F)C(F)(F)C(F)(F)C(F)(F)C(F)(F)C(F)(F)F. The Balaban J connectivity index is 6.47. The molecule has 1 atom stereocenters. The molecule has 0 saturated carbocycles. The number of halogens is 14. The van der Waals surface area contributed by atoms with Crippen LogP contribution in [0.3, 0.4) is 0 Å². The number of alkyl halides is 13. The van der Waals surface area contributed by atoms with Gasteiger partial charge in [-0.25, -0.2) is 0 Å². The van der Waals surface area contributed by atoms with E-state index in [1.165, 1.54) is 0 Å². The topological polar surface area (TPSA) is 46.5 Å². The van der Waals surface area contributed by atoms with Gasteiger partial charge < -0.3 is 4.89 Å². The molecule has 0 amide bonds. The molecule has 0 aromatic carbocycles. The Labute approximate surface area is 127 Å².